The molecule has 2 N–H and O–H groups in total. The van der Waals surface area contributed by atoms with Crippen molar-refractivity contribution in [2.45, 2.75) is 78.6 Å². The van der Waals surface area contributed by atoms with E-state index in [-0.39, 0.29) is 17.8 Å². The molecule has 4 heteroatoms. The number of benzene rings is 1. The lowest BCUT2D eigenvalue weighted by atomic mass is 9.78. The molecule has 3 atom stereocenters. The summed E-state index contributed by atoms with van der Waals surface area (Å²) in [5.41, 5.74) is 7.77. The molecule has 0 bridgehead atoms. The normalized spacial score (nSPS) is 23.4. The molecule has 0 radical (unpaired) electrons. The number of allylic oxidation sites excluding steroid dienone is 3. The maximum absolute atomic E-state index is 9.58. The van der Waals surface area contributed by atoms with Crippen LogP contribution in [0.5, 0.6) is 0 Å². The van der Waals surface area contributed by atoms with Crippen LogP contribution in [0.25, 0.3) is 16.9 Å². The summed E-state index contributed by atoms with van der Waals surface area (Å²) in [6.45, 7) is 10.1. The minimum atomic E-state index is -1.30. The van der Waals surface area contributed by atoms with Crippen LogP contribution < -0.4 is 0 Å². The third kappa shape index (κ3) is 5.73. The van der Waals surface area contributed by atoms with E-state index in [1.54, 1.807) is 0 Å². The number of aliphatic hydroxyl groups is 2. The molecular weight excluding hydrogens is 424 g/mol. The fraction of sp³-hybridized carbons (Fsp3) is 0.533. The number of ether oxygens (including phenoxy) is 1. The van der Waals surface area contributed by atoms with Gasteiger partial charge in [-0.05, 0) is 85.3 Å². The molecule has 0 aliphatic heterocycles. The lowest BCUT2D eigenvalue weighted by Crippen LogP contribution is -2.28. The Balaban J connectivity index is 1.60. The summed E-state index contributed by atoms with van der Waals surface area (Å²) in [5, 5.41) is 19.2. The van der Waals surface area contributed by atoms with E-state index in [1.807, 2.05) is 12.3 Å². The average Bonchev–Trinajstić information content (AvgIpc) is 3.29. The van der Waals surface area contributed by atoms with Crippen molar-refractivity contribution in [3.05, 3.63) is 64.9 Å². The second-order valence-corrected chi connectivity index (χ2v) is 10.7. The first-order valence-electron chi connectivity index (χ1n) is 12.9. The van der Waals surface area contributed by atoms with Crippen LogP contribution in [-0.4, -0.2) is 23.1 Å². The largest absolute Gasteiger partial charge is 0.464 e. The quantitative estimate of drug-likeness (QED) is 0.324. The second kappa shape index (κ2) is 11.1. The van der Waals surface area contributed by atoms with Gasteiger partial charge in [-0.1, -0.05) is 50.6 Å². The third-order valence-electron chi connectivity index (χ3n) is 7.41. The van der Waals surface area contributed by atoms with Crippen molar-refractivity contribution >= 4 is 5.57 Å². The van der Waals surface area contributed by atoms with Crippen LogP contribution in [0.2, 0.25) is 0 Å². The van der Waals surface area contributed by atoms with E-state index in [0.29, 0.717) is 12.5 Å². The highest BCUT2D eigenvalue weighted by Gasteiger charge is 2.29. The van der Waals surface area contributed by atoms with Crippen molar-refractivity contribution in [3.63, 3.8) is 0 Å². The summed E-state index contributed by atoms with van der Waals surface area (Å²) >= 11 is 0. The zero-order valence-corrected chi connectivity index (χ0v) is 21.1. The van der Waals surface area contributed by atoms with Crippen LogP contribution >= 0.6 is 0 Å². The number of rotatable bonds is 8. The number of hydrogen-bond donors (Lipinski definition) is 2. The molecule has 4 rings (SSSR count). The SMILES string of the molecule is CC1=C(c2ccc(-c3cc(C4C=CC(C(O)O)C(C)C4)co3)cc2COCC(C)C)CCCC1. The van der Waals surface area contributed by atoms with Crippen molar-refractivity contribution < 1.29 is 19.4 Å². The molecule has 1 heterocycles. The van der Waals surface area contributed by atoms with Crippen LogP contribution in [0.1, 0.15) is 82.4 Å². The molecule has 3 unspecified atom stereocenters. The molecule has 2 aliphatic rings. The van der Waals surface area contributed by atoms with Crippen molar-refractivity contribution in [1.29, 1.82) is 0 Å². The van der Waals surface area contributed by atoms with Gasteiger partial charge in [0, 0.05) is 24.0 Å². The Bertz CT molecular complexity index is 1030. The van der Waals surface area contributed by atoms with E-state index >= 15 is 0 Å². The molecule has 2 aliphatic carbocycles. The van der Waals surface area contributed by atoms with Crippen molar-refractivity contribution in [1.82, 2.24) is 0 Å². The van der Waals surface area contributed by atoms with Gasteiger partial charge in [0.1, 0.15) is 5.76 Å². The van der Waals surface area contributed by atoms with E-state index < -0.39 is 6.29 Å². The topological polar surface area (TPSA) is 62.8 Å². The minimum absolute atomic E-state index is 0.198. The van der Waals surface area contributed by atoms with Gasteiger partial charge in [-0.3, -0.25) is 0 Å². The maximum Gasteiger partial charge on any atom is 0.158 e. The Morgan fingerprint density at radius 3 is 2.59 bits per heavy atom. The Morgan fingerprint density at radius 2 is 1.88 bits per heavy atom. The van der Waals surface area contributed by atoms with Gasteiger partial charge in [0.25, 0.3) is 0 Å². The summed E-state index contributed by atoms with van der Waals surface area (Å²) in [6, 6.07) is 8.81. The third-order valence-corrected chi connectivity index (χ3v) is 7.41. The van der Waals surface area contributed by atoms with Gasteiger partial charge >= 0.3 is 0 Å². The minimum Gasteiger partial charge on any atom is -0.464 e. The summed E-state index contributed by atoms with van der Waals surface area (Å²) in [4.78, 5) is 0. The lowest BCUT2D eigenvalue weighted by Gasteiger charge is -2.29. The van der Waals surface area contributed by atoms with E-state index in [0.717, 1.165) is 36.3 Å². The van der Waals surface area contributed by atoms with Gasteiger partial charge in [0.2, 0.25) is 0 Å². The standard InChI is InChI=1S/C30H40O4/c1-19(2)16-33-17-25-14-23(10-12-28(25)26-8-6-5-7-20(26)3)29-15-24(18-34-29)22-9-11-27(30(31)32)21(4)13-22/h9-12,14-15,18-19,21-22,27,30-32H,5-8,13,16-17H2,1-4H3. The summed E-state index contributed by atoms with van der Waals surface area (Å²) < 4.78 is 12.1. The van der Waals surface area contributed by atoms with Crippen LogP contribution in [0, 0.1) is 17.8 Å². The fourth-order valence-electron chi connectivity index (χ4n) is 5.41. The summed E-state index contributed by atoms with van der Waals surface area (Å²) in [5.74, 6) is 1.59. The molecule has 2 aromatic rings. The van der Waals surface area contributed by atoms with Crippen LogP contribution in [0.4, 0.5) is 0 Å². The Labute approximate surface area is 204 Å². The molecule has 0 spiro atoms. The highest BCUT2D eigenvalue weighted by molar-refractivity contribution is 5.74. The van der Waals surface area contributed by atoms with Gasteiger partial charge in [-0.25, -0.2) is 0 Å². The van der Waals surface area contributed by atoms with Crippen LogP contribution in [-0.2, 0) is 11.3 Å². The summed E-state index contributed by atoms with van der Waals surface area (Å²) in [6.07, 6.45) is 10.3. The Hall–Kier alpha value is -2.14. The number of hydrogen-bond acceptors (Lipinski definition) is 4. The van der Waals surface area contributed by atoms with E-state index in [9.17, 15) is 10.2 Å². The molecule has 4 nitrogen and oxygen atoms in total. The van der Waals surface area contributed by atoms with Crippen molar-refractivity contribution in [2.75, 3.05) is 6.61 Å². The lowest BCUT2D eigenvalue weighted by molar-refractivity contribution is -0.0854. The molecule has 0 amide bonds. The van der Waals surface area contributed by atoms with Gasteiger partial charge in [0.15, 0.2) is 6.29 Å². The monoisotopic (exact) mass is 464 g/mol. The first-order chi connectivity index (χ1) is 16.3. The molecule has 0 fully saturated rings. The fourth-order valence-corrected chi connectivity index (χ4v) is 5.41. The molecule has 184 valence electrons. The first-order valence-corrected chi connectivity index (χ1v) is 12.9. The zero-order chi connectivity index (χ0) is 24.2. The predicted molar refractivity (Wildman–Crippen MR) is 137 cm³/mol. The highest BCUT2D eigenvalue weighted by atomic mass is 16.5. The smallest absolute Gasteiger partial charge is 0.158 e. The van der Waals surface area contributed by atoms with E-state index in [4.69, 9.17) is 9.15 Å². The Kier molecular flexibility index (Phi) is 8.13. The van der Waals surface area contributed by atoms with Crippen molar-refractivity contribution in [3.8, 4) is 11.3 Å². The molecule has 0 saturated carbocycles. The van der Waals surface area contributed by atoms with Gasteiger partial charge < -0.3 is 19.4 Å². The number of furan rings is 1. The van der Waals surface area contributed by atoms with Crippen molar-refractivity contribution in [2.24, 2.45) is 17.8 Å². The maximum atomic E-state index is 9.58. The van der Waals surface area contributed by atoms with E-state index in [1.165, 1.54) is 41.5 Å². The van der Waals surface area contributed by atoms with Gasteiger partial charge in [-0.2, -0.15) is 0 Å². The average molecular weight is 465 g/mol. The molecule has 34 heavy (non-hydrogen) atoms. The molecule has 1 aromatic heterocycles. The van der Waals surface area contributed by atoms with Gasteiger partial charge in [0.05, 0.1) is 12.9 Å². The number of aliphatic hydroxyl groups excluding tert-OH is 1. The summed E-state index contributed by atoms with van der Waals surface area (Å²) in [7, 11) is 0. The predicted octanol–water partition coefficient (Wildman–Crippen LogP) is 7.07. The van der Waals surface area contributed by atoms with Crippen LogP contribution in [0.15, 0.2) is 52.7 Å². The highest BCUT2D eigenvalue weighted by Crippen LogP contribution is 2.39. The van der Waals surface area contributed by atoms with Crippen LogP contribution in [0.3, 0.4) is 0 Å². The van der Waals surface area contributed by atoms with E-state index in [2.05, 4.69) is 58.0 Å². The Morgan fingerprint density at radius 1 is 1.09 bits per heavy atom. The molecular formula is C30H40O4. The van der Waals surface area contributed by atoms with Gasteiger partial charge in [-0.15, -0.1) is 0 Å². The molecule has 0 saturated heterocycles. The molecule has 1 aromatic carbocycles. The zero-order valence-electron chi connectivity index (χ0n) is 21.1. The first kappa shape index (κ1) is 25.0. The second-order valence-electron chi connectivity index (χ2n) is 10.7.